The minimum atomic E-state index is -0.438. The highest BCUT2D eigenvalue weighted by Crippen LogP contribution is 2.08. The highest BCUT2D eigenvalue weighted by atomic mass is 16.2. The molecule has 0 aliphatic rings. The third-order valence-corrected chi connectivity index (χ3v) is 2.43. The van der Waals surface area contributed by atoms with Gasteiger partial charge >= 0.3 is 0 Å². The number of carbonyl (C=O) groups excluding carboxylic acids is 1. The Hall–Kier alpha value is -1.08. The molecule has 2 N–H and O–H groups in total. The summed E-state index contributed by atoms with van der Waals surface area (Å²) in [7, 11) is 0. The molecule has 4 heteroatoms. The molecule has 0 aliphatic heterocycles. The smallest absolute Gasteiger partial charge is 0.239 e. The highest BCUT2D eigenvalue weighted by Gasteiger charge is 2.21. The van der Waals surface area contributed by atoms with E-state index < -0.39 is 6.04 Å². The van der Waals surface area contributed by atoms with E-state index in [0.29, 0.717) is 37.8 Å². The summed E-state index contributed by atoms with van der Waals surface area (Å²) < 4.78 is 0. The maximum absolute atomic E-state index is 12.1. The number of rotatable bonds is 7. The average Bonchev–Trinajstić information content (AvgIpc) is 2.21. The first-order chi connectivity index (χ1) is 7.88. The van der Waals surface area contributed by atoms with Crippen molar-refractivity contribution in [1.82, 2.24) is 4.90 Å². The molecule has 17 heavy (non-hydrogen) atoms. The minimum absolute atomic E-state index is 0.0253. The molecule has 1 atom stereocenters. The molecule has 0 bridgehead atoms. The average molecular weight is 239 g/mol. The van der Waals surface area contributed by atoms with E-state index in [9.17, 15) is 4.79 Å². The summed E-state index contributed by atoms with van der Waals surface area (Å²) in [5.41, 5.74) is 5.89. The molecule has 0 fully saturated rings. The molecule has 0 radical (unpaired) electrons. The molecule has 0 aromatic rings. The second-order valence-electron chi connectivity index (χ2n) is 5.32. The Kier molecular flexibility index (Phi) is 7.56. The topological polar surface area (TPSA) is 70.1 Å². The molecule has 0 aromatic heterocycles. The van der Waals surface area contributed by atoms with E-state index >= 15 is 0 Å². The first kappa shape index (κ1) is 15.9. The van der Waals surface area contributed by atoms with Crippen molar-refractivity contribution in [3.63, 3.8) is 0 Å². The van der Waals surface area contributed by atoms with Crippen LogP contribution in [0.25, 0.3) is 0 Å². The van der Waals surface area contributed by atoms with Gasteiger partial charge in [-0.2, -0.15) is 5.26 Å². The van der Waals surface area contributed by atoms with E-state index in [1.54, 1.807) is 4.90 Å². The van der Waals surface area contributed by atoms with Crippen LogP contribution in [0.1, 0.15) is 40.5 Å². The van der Waals surface area contributed by atoms with Gasteiger partial charge in [0.25, 0.3) is 0 Å². The number of nitrogens with two attached hydrogens (primary N) is 1. The van der Waals surface area contributed by atoms with Crippen LogP contribution in [0, 0.1) is 23.2 Å². The zero-order valence-corrected chi connectivity index (χ0v) is 11.4. The normalized spacial score (nSPS) is 12.6. The fourth-order valence-corrected chi connectivity index (χ4v) is 1.76. The molecule has 0 aliphatic carbocycles. The van der Waals surface area contributed by atoms with Crippen molar-refractivity contribution in [2.24, 2.45) is 17.6 Å². The van der Waals surface area contributed by atoms with Crippen LogP contribution in [0.2, 0.25) is 0 Å². The second kappa shape index (κ2) is 8.08. The van der Waals surface area contributed by atoms with E-state index in [4.69, 9.17) is 11.0 Å². The quantitative estimate of drug-likeness (QED) is 0.736. The van der Waals surface area contributed by atoms with Gasteiger partial charge in [0.2, 0.25) is 5.91 Å². The third kappa shape index (κ3) is 6.96. The zero-order valence-electron chi connectivity index (χ0n) is 11.4. The standard InChI is InChI=1S/C13H25N3O/c1-10(2)8-12(15)13(17)16(7-5-6-14)9-11(3)4/h10-12H,5,7-9,15H2,1-4H3/t12-/m0/s1. The lowest BCUT2D eigenvalue weighted by molar-refractivity contribution is -0.133. The lowest BCUT2D eigenvalue weighted by Crippen LogP contribution is -2.46. The molecule has 0 unspecified atom stereocenters. The predicted octanol–water partition coefficient (Wildman–Crippen LogP) is 1.76. The Morgan fingerprint density at radius 3 is 2.29 bits per heavy atom. The van der Waals surface area contributed by atoms with Crippen LogP contribution < -0.4 is 5.73 Å². The molecule has 4 nitrogen and oxygen atoms in total. The SMILES string of the molecule is CC(C)C[C@H](N)C(=O)N(CCC#N)CC(C)C. The van der Waals surface area contributed by atoms with E-state index in [1.165, 1.54) is 0 Å². The molecule has 0 spiro atoms. The third-order valence-electron chi connectivity index (χ3n) is 2.43. The Morgan fingerprint density at radius 1 is 1.29 bits per heavy atom. The Bertz CT molecular complexity index is 268. The Morgan fingerprint density at radius 2 is 1.88 bits per heavy atom. The summed E-state index contributed by atoms with van der Waals surface area (Å²) in [6, 6.07) is 1.63. The molecular weight excluding hydrogens is 214 g/mol. The van der Waals surface area contributed by atoms with Crippen LogP contribution in [-0.2, 0) is 4.79 Å². The number of nitrogens with zero attached hydrogens (tertiary/aromatic N) is 2. The van der Waals surface area contributed by atoms with Crippen LogP contribution in [0.3, 0.4) is 0 Å². The maximum Gasteiger partial charge on any atom is 0.239 e. The van der Waals surface area contributed by atoms with Gasteiger partial charge in [0.05, 0.1) is 18.5 Å². The van der Waals surface area contributed by atoms with Crippen LogP contribution in [0.4, 0.5) is 0 Å². The molecule has 0 saturated heterocycles. The van der Waals surface area contributed by atoms with Crippen LogP contribution in [0.15, 0.2) is 0 Å². The predicted molar refractivity (Wildman–Crippen MR) is 69.1 cm³/mol. The van der Waals surface area contributed by atoms with Gasteiger partial charge in [-0.05, 0) is 18.3 Å². The van der Waals surface area contributed by atoms with Gasteiger partial charge in [0.15, 0.2) is 0 Å². The van der Waals surface area contributed by atoms with Crippen molar-refractivity contribution >= 4 is 5.91 Å². The Labute approximate surface area is 105 Å². The zero-order chi connectivity index (χ0) is 13.4. The van der Waals surface area contributed by atoms with Crippen molar-refractivity contribution in [3.8, 4) is 6.07 Å². The number of nitriles is 1. The second-order valence-corrected chi connectivity index (χ2v) is 5.32. The van der Waals surface area contributed by atoms with Gasteiger partial charge in [0.1, 0.15) is 0 Å². The summed E-state index contributed by atoms with van der Waals surface area (Å²) in [5.74, 6) is 0.775. The minimum Gasteiger partial charge on any atom is -0.340 e. The van der Waals surface area contributed by atoms with Gasteiger partial charge in [0, 0.05) is 13.1 Å². The van der Waals surface area contributed by atoms with Crippen molar-refractivity contribution in [2.75, 3.05) is 13.1 Å². The number of carbonyl (C=O) groups is 1. The number of amides is 1. The van der Waals surface area contributed by atoms with E-state index in [-0.39, 0.29) is 5.91 Å². The van der Waals surface area contributed by atoms with Gasteiger partial charge in [-0.25, -0.2) is 0 Å². The molecule has 1 amide bonds. The number of hydrogen-bond acceptors (Lipinski definition) is 3. The lowest BCUT2D eigenvalue weighted by Gasteiger charge is -2.27. The summed E-state index contributed by atoms with van der Waals surface area (Å²) in [6.45, 7) is 9.37. The van der Waals surface area contributed by atoms with Gasteiger partial charge in [-0.3, -0.25) is 4.79 Å². The van der Waals surface area contributed by atoms with Crippen molar-refractivity contribution in [2.45, 2.75) is 46.6 Å². The van der Waals surface area contributed by atoms with Gasteiger partial charge in [-0.1, -0.05) is 27.7 Å². The molecule has 0 saturated carbocycles. The first-order valence-corrected chi connectivity index (χ1v) is 6.29. The summed E-state index contributed by atoms with van der Waals surface area (Å²) >= 11 is 0. The van der Waals surface area contributed by atoms with Crippen molar-refractivity contribution < 1.29 is 4.79 Å². The van der Waals surface area contributed by atoms with Crippen LogP contribution in [0.5, 0.6) is 0 Å². The monoisotopic (exact) mass is 239 g/mol. The number of hydrogen-bond donors (Lipinski definition) is 1. The summed E-state index contributed by atoms with van der Waals surface area (Å²) in [5, 5.41) is 8.60. The van der Waals surface area contributed by atoms with Crippen LogP contribution >= 0.6 is 0 Å². The molecule has 0 aromatic carbocycles. The molecular formula is C13H25N3O. The van der Waals surface area contributed by atoms with E-state index in [2.05, 4.69) is 33.8 Å². The van der Waals surface area contributed by atoms with Gasteiger partial charge < -0.3 is 10.6 Å². The summed E-state index contributed by atoms with van der Waals surface area (Å²) in [6.07, 6.45) is 1.06. The summed E-state index contributed by atoms with van der Waals surface area (Å²) in [4.78, 5) is 13.8. The van der Waals surface area contributed by atoms with Crippen molar-refractivity contribution in [1.29, 1.82) is 5.26 Å². The molecule has 0 rings (SSSR count). The first-order valence-electron chi connectivity index (χ1n) is 6.29. The van der Waals surface area contributed by atoms with E-state index in [0.717, 1.165) is 0 Å². The fourth-order valence-electron chi connectivity index (χ4n) is 1.76. The van der Waals surface area contributed by atoms with Crippen LogP contribution in [-0.4, -0.2) is 29.9 Å². The van der Waals surface area contributed by atoms with Crippen molar-refractivity contribution in [3.05, 3.63) is 0 Å². The largest absolute Gasteiger partial charge is 0.340 e. The fraction of sp³-hybridized carbons (Fsp3) is 0.846. The van der Waals surface area contributed by atoms with E-state index in [1.807, 2.05) is 0 Å². The molecule has 0 heterocycles. The molecule has 98 valence electrons. The Balaban J connectivity index is 4.45. The highest BCUT2D eigenvalue weighted by molar-refractivity contribution is 5.81. The maximum atomic E-state index is 12.1. The lowest BCUT2D eigenvalue weighted by atomic mass is 10.0. The van der Waals surface area contributed by atoms with Gasteiger partial charge in [-0.15, -0.1) is 0 Å².